The van der Waals surface area contributed by atoms with Crippen LogP contribution in [0.15, 0.2) is 6.07 Å². The van der Waals surface area contributed by atoms with Crippen LogP contribution in [0.3, 0.4) is 0 Å². The topological polar surface area (TPSA) is 84.9 Å². The first kappa shape index (κ1) is 12.9. The van der Waals surface area contributed by atoms with E-state index in [0.29, 0.717) is 5.75 Å². The van der Waals surface area contributed by atoms with Crippen LogP contribution in [-0.2, 0) is 0 Å². The summed E-state index contributed by atoms with van der Waals surface area (Å²) in [4.78, 5) is 0. The number of aliphatic hydroxyl groups excluding tert-OH is 1. The normalized spacial score (nSPS) is 12.3. The average molecular weight is 248 g/mol. The smallest absolute Gasteiger partial charge is 0.203 e. The van der Waals surface area contributed by atoms with Gasteiger partial charge in [-0.1, -0.05) is 11.6 Å². The van der Waals surface area contributed by atoms with Gasteiger partial charge in [0.1, 0.15) is 0 Å². The highest BCUT2D eigenvalue weighted by Gasteiger charge is 2.22. The molecule has 0 aliphatic carbocycles. The maximum Gasteiger partial charge on any atom is 0.203 e. The van der Waals surface area contributed by atoms with Crippen LogP contribution in [0.2, 0.25) is 5.02 Å². The zero-order valence-corrected chi connectivity index (χ0v) is 9.78. The van der Waals surface area contributed by atoms with Crippen LogP contribution in [0.5, 0.6) is 17.2 Å². The van der Waals surface area contributed by atoms with Gasteiger partial charge in [-0.3, -0.25) is 0 Å². The fraction of sp³-hybridized carbons (Fsp3) is 0.400. The molecular formula is C10H14ClNO4. The summed E-state index contributed by atoms with van der Waals surface area (Å²) >= 11 is 5.93. The predicted octanol–water partition coefficient (Wildman–Crippen LogP) is 1.05. The Hall–Kier alpha value is -1.17. The van der Waals surface area contributed by atoms with Gasteiger partial charge in [0.25, 0.3) is 0 Å². The number of aliphatic hydroxyl groups is 1. The summed E-state index contributed by atoms with van der Waals surface area (Å²) in [6, 6.07) is 0.706. The van der Waals surface area contributed by atoms with E-state index in [9.17, 15) is 5.11 Å². The Morgan fingerprint density at radius 2 is 2.06 bits per heavy atom. The van der Waals surface area contributed by atoms with E-state index in [4.69, 9.17) is 31.9 Å². The molecule has 0 radical (unpaired) electrons. The molecular weight excluding hydrogens is 234 g/mol. The number of ether oxygens (including phenoxy) is 2. The van der Waals surface area contributed by atoms with Crippen molar-refractivity contribution in [2.45, 2.75) is 6.04 Å². The Kier molecular flexibility index (Phi) is 4.23. The van der Waals surface area contributed by atoms with E-state index in [2.05, 4.69) is 0 Å². The number of nitrogens with two attached hydrogens (primary N) is 1. The Morgan fingerprint density at radius 3 is 2.50 bits per heavy atom. The summed E-state index contributed by atoms with van der Waals surface area (Å²) < 4.78 is 9.98. The minimum atomic E-state index is -0.771. The zero-order valence-electron chi connectivity index (χ0n) is 9.03. The van der Waals surface area contributed by atoms with Gasteiger partial charge >= 0.3 is 0 Å². The average Bonchev–Trinajstić information content (AvgIpc) is 2.27. The molecule has 0 fully saturated rings. The third-order valence-electron chi connectivity index (χ3n) is 2.20. The number of phenols is 1. The maximum absolute atomic E-state index is 9.90. The third kappa shape index (κ3) is 2.16. The van der Waals surface area contributed by atoms with Crippen molar-refractivity contribution >= 4 is 11.6 Å². The molecule has 0 spiro atoms. The van der Waals surface area contributed by atoms with Crippen LogP contribution in [-0.4, -0.2) is 31.0 Å². The molecule has 1 unspecified atom stereocenters. The fourth-order valence-corrected chi connectivity index (χ4v) is 1.73. The highest BCUT2D eigenvalue weighted by molar-refractivity contribution is 6.32. The maximum atomic E-state index is 9.90. The molecule has 1 aromatic carbocycles. The number of aromatic hydroxyl groups is 1. The minimum Gasteiger partial charge on any atom is -0.504 e. The molecule has 5 nitrogen and oxygen atoms in total. The lowest BCUT2D eigenvalue weighted by Gasteiger charge is -2.17. The molecule has 1 atom stereocenters. The largest absolute Gasteiger partial charge is 0.504 e. The molecule has 0 amide bonds. The van der Waals surface area contributed by atoms with Gasteiger partial charge in [-0.05, 0) is 0 Å². The first-order valence-electron chi connectivity index (χ1n) is 4.56. The van der Waals surface area contributed by atoms with Gasteiger partial charge in [0.05, 0.1) is 31.9 Å². The Morgan fingerprint density at radius 1 is 1.44 bits per heavy atom. The van der Waals surface area contributed by atoms with E-state index < -0.39 is 6.04 Å². The lowest BCUT2D eigenvalue weighted by Crippen LogP contribution is -2.15. The Balaban J connectivity index is 3.40. The lowest BCUT2D eigenvalue weighted by molar-refractivity contribution is 0.263. The molecule has 6 heteroatoms. The molecule has 4 N–H and O–H groups in total. The summed E-state index contributed by atoms with van der Waals surface area (Å²) in [6.45, 7) is -0.331. The molecule has 16 heavy (non-hydrogen) atoms. The van der Waals surface area contributed by atoms with E-state index in [1.165, 1.54) is 20.3 Å². The van der Waals surface area contributed by atoms with Gasteiger partial charge in [-0.15, -0.1) is 0 Å². The van der Waals surface area contributed by atoms with Gasteiger partial charge < -0.3 is 25.4 Å². The number of hydrogen-bond acceptors (Lipinski definition) is 5. The molecule has 0 heterocycles. The van der Waals surface area contributed by atoms with Gasteiger partial charge in [0, 0.05) is 11.6 Å². The third-order valence-corrected chi connectivity index (χ3v) is 2.51. The predicted molar refractivity (Wildman–Crippen MR) is 60.2 cm³/mol. The molecule has 90 valence electrons. The Labute approximate surface area is 98.3 Å². The van der Waals surface area contributed by atoms with Crippen molar-refractivity contribution < 1.29 is 19.7 Å². The highest BCUT2D eigenvalue weighted by Crippen LogP contribution is 2.44. The minimum absolute atomic E-state index is 0.144. The van der Waals surface area contributed by atoms with Crippen molar-refractivity contribution in [2.24, 2.45) is 5.73 Å². The number of hydrogen-bond donors (Lipinski definition) is 3. The monoisotopic (exact) mass is 247 g/mol. The molecule has 1 rings (SSSR count). The summed E-state index contributed by atoms with van der Waals surface area (Å²) in [6.07, 6.45) is 0. The second-order valence-corrected chi connectivity index (χ2v) is 3.55. The standard InChI is InChI=1S/C10H14ClNO4/c1-15-7-3-5(11)8(6(12)4-13)9(14)10(7)16-2/h3,6,13-14H,4,12H2,1-2H3. The van der Waals surface area contributed by atoms with Gasteiger partial charge in [-0.25, -0.2) is 0 Å². The number of benzene rings is 1. The van der Waals surface area contributed by atoms with E-state index in [1.807, 2.05) is 0 Å². The van der Waals surface area contributed by atoms with Crippen LogP contribution in [0.4, 0.5) is 0 Å². The van der Waals surface area contributed by atoms with E-state index in [1.54, 1.807) is 0 Å². The SMILES string of the molecule is COc1cc(Cl)c(C(N)CO)c(O)c1OC. The molecule has 0 saturated carbocycles. The molecule has 0 aromatic heterocycles. The van der Waals surface area contributed by atoms with Crippen LogP contribution in [0.25, 0.3) is 0 Å². The van der Waals surface area contributed by atoms with Crippen LogP contribution in [0, 0.1) is 0 Å². The molecule has 0 bridgehead atoms. The molecule has 0 aliphatic heterocycles. The van der Waals surface area contributed by atoms with Crippen molar-refractivity contribution in [3.05, 3.63) is 16.7 Å². The van der Waals surface area contributed by atoms with Crippen molar-refractivity contribution in [2.75, 3.05) is 20.8 Å². The van der Waals surface area contributed by atoms with Crippen molar-refractivity contribution in [3.8, 4) is 17.2 Å². The van der Waals surface area contributed by atoms with Crippen molar-refractivity contribution in [1.82, 2.24) is 0 Å². The van der Waals surface area contributed by atoms with Gasteiger partial charge in [0.15, 0.2) is 11.5 Å². The zero-order chi connectivity index (χ0) is 12.3. The van der Waals surface area contributed by atoms with Crippen LogP contribution >= 0.6 is 11.6 Å². The van der Waals surface area contributed by atoms with Gasteiger partial charge in [-0.2, -0.15) is 0 Å². The summed E-state index contributed by atoms with van der Waals surface area (Å²) in [5.74, 6) is 0.234. The van der Waals surface area contributed by atoms with E-state index in [0.717, 1.165) is 0 Å². The van der Waals surface area contributed by atoms with Crippen LogP contribution in [0.1, 0.15) is 11.6 Å². The first-order chi connectivity index (χ1) is 7.56. The number of phenolic OH excluding ortho intramolecular Hbond substituents is 1. The first-order valence-corrected chi connectivity index (χ1v) is 4.94. The second-order valence-electron chi connectivity index (χ2n) is 3.15. The molecule has 0 aliphatic rings. The van der Waals surface area contributed by atoms with E-state index in [-0.39, 0.29) is 28.7 Å². The number of halogens is 1. The van der Waals surface area contributed by atoms with Gasteiger partial charge in [0.2, 0.25) is 5.75 Å². The highest BCUT2D eigenvalue weighted by atomic mass is 35.5. The van der Waals surface area contributed by atoms with E-state index >= 15 is 0 Å². The lowest BCUT2D eigenvalue weighted by atomic mass is 10.1. The molecule has 1 aromatic rings. The summed E-state index contributed by atoms with van der Waals surface area (Å²) in [5.41, 5.74) is 5.86. The van der Waals surface area contributed by atoms with Crippen LogP contribution < -0.4 is 15.2 Å². The fourth-order valence-electron chi connectivity index (χ4n) is 1.40. The quantitative estimate of drug-likeness (QED) is 0.741. The van der Waals surface area contributed by atoms with Crippen molar-refractivity contribution in [3.63, 3.8) is 0 Å². The van der Waals surface area contributed by atoms with Crippen molar-refractivity contribution in [1.29, 1.82) is 0 Å². The molecule has 0 saturated heterocycles. The Bertz CT molecular complexity index is 384. The summed E-state index contributed by atoms with van der Waals surface area (Å²) in [7, 11) is 2.82. The second kappa shape index (κ2) is 5.25. The number of methoxy groups -OCH3 is 2. The number of rotatable bonds is 4. The summed E-state index contributed by atoms with van der Waals surface area (Å²) in [5, 5.41) is 19.1.